The van der Waals surface area contributed by atoms with E-state index < -0.39 is 0 Å². The van der Waals surface area contributed by atoms with Gasteiger partial charge in [0.05, 0.1) is 0 Å². The number of ether oxygens (including phenoxy) is 1. The Morgan fingerprint density at radius 1 is 1.54 bits per heavy atom. The van der Waals surface area contributed by atoms with Crippen molar-refractivity contribution in [2.45, 2.75) is 19.3 Å². The molecule has 0 aromatic carbocycles. The van der Waals surface area contributed by atoms with Crippen LogP contribution in [0, 0.1) is 5.92 Å². The van der Waals surface area contributed by atoms with Crippen LogP contribution >= 0.6 is 0 Å². The highest BCUT2D eigenvalue weighted by Gasteiger charge is 2.16. The Morgan fingerprint density at radius 2 is 2.31 bits per heavy atom. The number of aromatic nitrogens is 3. The van der Waals surface area contributed by atoms with Gasteiger partial charge in [-0.15, -0.1) is 0 Å². The summed E-state index contributed by atoms with van der Waals surface area (Å²) < 4.78 is 7.16. The standard InChI is InChI=1S/C9H15N3O/c1-12-9(10-7-11-12)6-8-2-4-13-5-3-8/h7-8H,2-6H2,1H3. The van der Waals surface area contributed by atoms with Gasteiger partial charge in [-0.25, -0.2) is 4.98 Å². The minimum Gasteiger partial charge on any atom is -0.381 e. The zero-order valence-electron chi connectivity index (χ0n) is 7.94. The summed E-state index contributed by atoms with van der Waals surface area (Å²) in [5, 5.41) is 4.06. The summed E-state index contributed by atoms with van der Waals surface area (Å²) in [7, 11) is 1.95. The number of hydrogen-bond acceptors (Lipinski definition) is 3. The molecule has 0 aliphatic carbocycles. The molecular formula is C9H15N3O. The van der Waals surface area contributed by atoms with Crippen LogP contribution < -0.4 is 0 Å². The van der Waals surface area contributed by atoms with Crippen molar-refractivity contribution in [1.29, 1.82) is 0 Å². The molecule has 13 heavy (non-hydrogen) atoms. The van der Waals surface area contributed by atoms with Gasteiger partial charge in [-0.3, -0.25) is 4.68 Å². The molecule has 72 valence electrons. The maximum absolute atomic E-state index is 5.31. The van der Waals surface area contributed by atoms with Gasteiger partial charge in [0.15, 0.2) is 0 Å². The lowest BCUT2D eigenvalue weighted by Gasteiger charge is -2.21. The molecule has 0 N–H and O–H groups in total. The molecule has 2 heterocycles. The first-order chi connectivity index (χ1) is 6.36. The average molecular weight is 181 g/mol. The molecule has 1 aliphatic heterocycles. The molecule has 1 aromatic heterocycles. The number of nitrogens with zero attached hydrogens (tertiary/aromatic N) is 3. The molecule has 1 aliphatic rings. The van der Waals surface area contributed by atoms with Gasteiger partial charge in [-0.05, 0) is 18.8 Å². The molecule has 1 fully saturated rings. The predicted octanol–water partition coefficient (Wildman–Crippen LogP) is 0.784. The summed E-state index contributed by atoms with van der Waals surface area (Å²) >= 11 is 0. The predicted molar refractivity (Wildman–Crippen MR) is 48.3 cm³/mol. The van der Waals surface area contributed by atoms with Crippen molar-refractivity contribution < 1.29 is 4.74 Å². The summed E-state index contributed by atoms with van der Waals surface area (Å²) in [4.78, 5) is 4.22. The van der Waals surface area contributed by atoms with Crippen molar-refractivity contribution >= 4 is 0 Å². The van der Waals surface area contributed by atoms with Gasteiger partial charge >= 0.3 is 0 Å². The van der Waals surface area contributed by atoms with Crippen LogP contribution in [0.25, 0.3) is 0 Å². The lowest BCUT2D eigenvalue weighted by atomic mass is 9.96. The van der Waals surface area contributed by atoms with E-state index in [4.69, 9.17) is 4.74 Å². The molecule has 2 rings (SSSR count). The van der Waals surface area contributed by atoms with E-state index in [0.717, 1.165) is 44.2 Å². The normalized spacial score (nSPS) is 19.2. The maximum Gasteiger partial charge on any atom is 0.138 e. The smallest absolute Gasteiger partial charge is 0.138 e. The van der Waals surface area contributed by atoms with E-state index in [1.165, 1.54) is 0 Å². The highest BCUT2D eigenvalue weighted by Crippen LogP contribution is 2.18. The van der Waals surface area contributed by atoms with Crippen molar-refractivity contribution in [3.05, 3.63) is 12.2 Å². The quantitative estimate of drug-likeness (QED) is 0.677. The van der Waals surface area contributed by atoms with Crippen LogP contribution in [0.1, 0.15) is 18.7 Å². The van der Waals surface area contributed by atoms with Crippen LogP contribution in [0.4, 0.5) is 0 Å². The van der Waals surface area contributed by atoms with E-state index in [1.807, 2.05) is 11.7 Å². The van der Waals surface area contributed by atoms with Crippen molar-refractivity contribution in [2.24, 2.45) is 13.0 Å². The molecule has 4 nitrogen and oxygen atoms in total. The van der Waals surface area contributed by atoms with Crippen LogP contribution in [0.2, 0.25) is 0 Å². The second-order valence-corrected chi connectivity index (χ2v) is 3.56. The largest absolute Gasteiger partial charge is 0.381 e. The van der Waals surface area contributed by atoms with Gasteiger partial charge in [0.2, 0.25) is 0 Å². The SMILES string of the molecule is Cn1ncnc1CC1CCOCC1. The van der Waals surface area contributed by atoms with E-state index in [1.54, 1.807) is 6.33 Å². The fraction of sp³-hybridized carbons (Fsp3) is 0.778. The summed E-state index contributed by atoms with van der Waals surface area (Å²) in [6, 6.07) is 0. The first-order valence-corrected chi connectivity index (χ1v) is 4.77. The van der Waals surface area contributed by atoms with Crippen LogP contribution in [-0.2, 0) is 18.2 Å². The summed E-state index contributed by atoms with van der Waals surface area (Å²) in [6.07, 6.45) is 4.98. The van der Waals surface area contributed by atoms with Crippen molar-refractivity contribution in [1.82, 2.24) is 14.8 Å². The highest BCUT2D eigenvalue weighted by molar-refractivity contribution is 4.86. The topological polar surface area (TPSA) is 39.9 Å². The van der Waals surface area contributed by atoms with Crippen molar-refractivity contribution in [3.8, 4) is 0 Å². The van der Waals surface area contributed by atoms with E-state index in [0.29, 0.717) is 0 Å². The molecule has 0 atom stereocenters. The van der Waals surface area contributed by atoms with Gasteiger partial charge in [0.1, 0.15) is 12.2 Å². The van der Waals surface area contributed by atoms with Crippen LogP contribution in [-0.4, -0.2) is 28.0 Å². The first-order valence-electron chi connectivity index (χ1n) is 4.77. The molecule has 0 saturated carbocycles. The lowest BCUT2D eigenvalue weighted by molar-refractivity contribution is 0.0657. The van der Waals surface area contributed by atoms with Crippen molar-refractivity contribution in [2.75, 3.05) is 13.2 Å². The third kappa shape index (κ3) is 2.06. The third-order valence-corrected chi connectivity index (χ3v) is 2.62. The molecule has 1 saturated heterocycles. The van der Waals surface area contributed by atoms with Gasteiger partial charge in [-0.2, -0.15) is 5.10 Å². The summed E-state index contributed by atoms with van der Waals surface area (Å²) in [5.74, 6) is 1.82. The fourth-order valence-electron chi connectivity index (χ4n) is 1.71. The Labute approximate surface area is 77.9 Å². The Kier molecular flexibility index (Phi) is 2.59. The van der Waals surface area contributed by atoms with Crippen LogP contribution in [0.5, 0.6) is 0 Å². The zero-order chi connectivity index (χ0) is 9.10. The molecule has 0 spiro atoms. The monoisotopic (exact) mass is 181 g/mol. The number of rotatable bonds is 2. The van der Waals surface area contributed by atoms with E-state index in [9.17, 15) is 0 Å². The average Bonchev–Trinajstić information content (AvgIpc) is 2.54. The summed E-state index contributed by atoms with van der Waals surface area (Å²) in [6.45, 7) is 1.81. The zero-order valence-corrected chi connectivity index (χ0v) is 7.94. The second-order valence-electron chi connectivity index (χ2n) is 3.56. The molecule has 0 amide bonds. The van der Waals surface area contributed by atoms with Crippen molar-refractivity contribution in [3.63, 3.8) is 0 Å². The first kappa shape index (κ1) is 8.69. The molecular weight excluding hydrogens is 166 g/mol. The minimum absolute atomic E-state index is 0.733. The molecule has 0 bridgehead atoms. The van der Waals surface area contributed by atoms with Crippen LogP contribution in [0.3, 0.4) is 0 Å². The molecule has 4 heteroatoms. The molecule has 0 unspecified atom stereocenters. The summed E-state index contributed by atoms with van der Waals surface area (Å²) in [5.41, 5.74) is 0. The van der Waals surface area contributed by atoms with Gasteiger partial charge < -0.3 is 4.74 Å². The van der Waals surface area contributed by atoms with Gasteiger partial charge in [0, 0.05) is 26.7 Å². The third-order valence-electron chi connectivity index (χ3n) is 2.62. The Hall–Kier alpha value is -0.900. The maximum atomic E-state index is 5.31. The fourth-order valence-corrected chi connectivity index (χ4v) is 1.71. The lowest BCUT2D eigenvalue weighted by Crippen LogP contribution is -2.19. The molecule has 1 aromatic rings. The number of aryl methyl sites for hydroxylation is 1. The van der Waals surface area contributed by atoms with Crippen LogP contribution in [0.15, 0.2) is 6.33 Å². The van der Waals surface area contributed by atoms with E-state index in [2.05, 4.69) is 10.1 Å². The highest BCUT2D eigenvalue weighted by atomic mass is 16.5. The Morgan fingerprint density at radius 3 is 2.92 bits per heavy atom. The minimum atomic E-state index is 0.733. The molecule has 0 radical (unpaired) electrons. The number of hydrogen-bond donors (Lipinski definition) is 0. The van der Waals surface area contributed by atoms with E-state index in [-0.39, 0.29) is 0 Å². The van der Waals surface area contributed by atoms with Gasteiger partial charge in [0.25, 0.3) is 0 Å². The van der Waals surface area contributed by atoms with Gasteiger partial charge in [-0.1, -0.05) is 0 Å². The second kappa shape index (κ2) is 3.87. The Balaban J connectivity index is 1.93. The van der Waals surface area contributed by atoms with E-state index >= 15 is 0 Å². The Bertz CT molecular complexity index is 266.